The third-order valence-electron chi connectivity index (χ3n) is 2.81. The molecular weight excluding hydrogens is 364 g/mol. The maximum atomic E-state index is 5.84. The lowest BCUT2D eigenvalue weighted by Crippen LogP contribution is -2.03. The number of thiazole rings is 1. The summed E-state index contributed by atoms with van der Waals surface area (Å²) in [4.78, 5) is 4.08. The summed E-state index contributed by atoms with van der Waals surface area (Å²) in [6.07, 6.45) is 2.73. The standard InChI is InChI=1S/C15H19BrN4OS/c1-10(2)5-6-21-13-4-3-12(16)7-11(13)8-18-20-15-19-14(17)9-22-15/h3-4,7-10H,5-6,17H2,1-2H3,(H,19,20). The van der Waals surface area contributed by atoms with E-state index in [2.05, 4.69) is 45.3 Å². The second-order valence-electron chi connectivity index (χ2n) is 5.16. The molecule has 7 heteroatoms. The van der Waals surface area contributed by atoms with Gasteiger partial charge in [0.25, 0.3) is 0 Å². The van der Waals surface area contributed by atoms with E-state index in [1.165, 1.54) is 11.3 Å². The van der Waals surface area contributed by atoms with Gasteiger partial charge in [-0.15, -0.1) is 11.3 Å². The maximum Gasteiger partial charge on any atom is 0.205 e. The zero-order valence-corrected chi connectivity index (χ0v) is 14.9. The summed E-state index contributed by atoms with van der Waals surface area (Å²) in [5.41, 5.74) is 9.33. The third kappa shape index (κ3) is 5.31. The molecule has 1 aromatic carbocycles. The highest BCUT2D eigenvalue weighted by atomic mass is 79.9. The molecule has 0 saturated heterocycles. The van der Waals surface area contributed by atoms with Crippen molar-refractivity contribution in [3.8, 4) is 5.75 Å². The molecule has 0 bridgehead atoms. The molecular formula is C15H19BrN4OS. The lowest BCUT2D eigenvalue weighted by Gasteiger charge is -2.10. The van der Waals surface area contributed by atoms with Crippen LogP contribution in [-0.2, 0) is 0 Å². The molecule has 22 heavy (non-hydrogen) atoms. The number of aromatic nitrogens is 1. The Labute approximate surface area is 142 Å². The van der Waals surface area contributed by atoms with Crippen LogP contribution in [0.25, 0.3) is 0 Å². The smallest absolute Gasteiger partial charge is 0.205 e. The number of rotatable bonds is 7. The van der Waals surface area contributed by atoms with Crippen LogP contribution in [0.3, 0.4) is 0 Å². The fraction of sp³-hybridized carbons (Fsp3) is 0.333. The normalized spacial score (nSPS) is 11.3. The Kier molecular flexibility index (Phi) is 6.21. The van der Waals surface area contributed by atoms with Crippen LogP contribution in [0.5, 0.6) is 5.75 Å². The van der Waals surface area contributed by atoms with Crippen molar-refractivity contribution < 1.29 is 4.74 Å². The van der Waals surface area contributed by atoms with E-state index >= 15 is 0 Å². The monoisotopic (exact) mass is 382 g/mol. The summed E-state index contributed by atoms with van der Waals surface area (Å²) >= 11 is 4.87. The van der Waals surface area contributed by atoms with Crippen LogP contribution in [0.15, 0.2) is 33.2 Å². The molecule has 2 aromatic rings. The highest BCUT2D eigenvalue weighted by Crippen LogP contribution is 2.23. The summed E-state index contributed by atoms with van der Waals surface area (Å²) in [6.45, 7) is 5.05. The highest BCUT2D eigenvalue weighted by molar-refractivity contribution is 9.10. The number of hydrazone groups is 1. The van der Waals surface area contributed by atoms with Crippen molar-refractivity contribution in [2.24, 2.45) is 11.0 Å². The molecule has 118 valence electrons. The molecule has 0 fully saturated rings. The highest BCUT2D eigenvalue weighted by Gasteiger charge is 2.04. The van der Waals surface area contributed by atoms with E-state index in [1.807, 2.05) is 18.2 Å². The summed E-state index contributed by atoms with van der Waals surface area (Å²) in [5, 5.41) is 6.61. The molecule has 0 spiro atoms. The van der Waals surface area contributed by atoms with Crippen molar-refractivity contribution in [1.29, 1.82) is 0 Å². The predicted octanol–water partition coefficient (Wildman–Crippen LogP) is 4.36. The minimum Gasteiger partial charge on any atom is -0.493 e. The molecule has 2 rings (SSSR count). The van der Waals surface area contributed by atoms with Crippen molar-refractivity contribution in [3.63, 3.8) is 0 Å². The van der Waals surface area contributed by atoms with Crippen molar-refractivity contribution in [3.05, 3.63) is 33.6 Å². The fourth-order valence-corrected chi connectivity index (χ4v) is 2.58. The van der Waals surface area contributed by atoms with Gasteiger partial charge in [0.05, 0.1) is 12.8 Å². The van der Waals surface area contributed by atoms with Crippen LogP contribution in [0.2, 0.25) is 0 Å². The van der Waals surface area contributed by atoms with E-state index in [9.17, 15) is 0 Å². The van der Waals surface area contributed by atoms with Gasteiger partial charge in [-0.05, 0) is 30.5 Å². The molecule has 0 aliphatic heterocycles. The predicted molar refractivity (Wildman–Crippen MR) is 96.8 cm³/mol. The molecule has 1 aromatic heterocycles. The van der Waals surface area contributed by atoms with Gasteiger partial charge in [0, 0.05) is 15.4 Å². The van der Waals surface area contributed by atoms with Gasteiger partial charge in [-0.3, -0.25) is 5.43 Å². The number of nitrogens with zero attached hydrogens (tertiary/aromatic N) is 2. The van der Waals surface area contributed by atoms with Gasteiger partial charge < -0.3 is 10.5 Å². The number of hydrogen-bond acceptors (Lipinski definition) is 6. The summed E-state index contributed by atoms with van der Waals surface area (Å²) < 4.78 is 6.81. The van der Waals surface area contributed by atoms with E-state index < -0.39 is 0 Å². The Morgan fingerprint density at radius 1 is 1.50 bits per heavy atom. The SMILES string of the molecule is CC(C)CCOc1ccc(Br)cc1C=NNc1nc(N)cs1. The van der Waals surface area contributed by atoms with E-state index in [0.29, 0.717) is 23.5 Å². The van der Waals surface area contributed by atoms with E-state index in [0.717, 1.165) is 22.2 Å². The third-order valence-corrected chi connectivity index (χ3v) is 4.07. The van der Waals surface area contributed by atoms with Gasteiger partial charge in [-0.2, -0.15) is 5.10 Å². The number of anilines is 2. The lowest BCUT2D eigenvalue weighted by atomic mass is 10.1. The Balaban J connectivity index is 2.02. The van der Waals surface area contributed by atoms with Gasteiger partial charge in [-0.25, -0.2) is 4.98 Å². The van der Waals surface area contributed by atoms with Crippen LogP contribution in [0, 0.1) is 5.92 Å². The summed E-state index contributed by atoms with van der Waals surface area (Å²) in [7, 11) is 0. The van der Waals surface area contributed by atoms with Crippen LogP contribution in [0.4, 0.5) is 10.9 Å². The number of nitrogens with one attached hydrogen (secondary N) is 1. The van der Waals surface area contributed by atoms with E-state index in [-0.39, 0.29) is 0 Å². The Morgan fingerprint density at radius 2 is 2.32 bits per heavy atom. The average Bonchev–Trinajstić information content (AvgIpc) is 2.86. The minimum atomic E-state index is 0.489. The first-order valence-corrected chi connectivity index (χ1v) is 8.64. The number of halogens is 1. The number of ether oxygens (including phenoxy) is 1. The molecule has 0 atom stereocenters. The van der Waals surface area contributed by atoms with E-state index in [4.69, 9.17) is 10.5 Å². The summed E-state index contributed by atoms with van der Waals surface area (Å²) in [6, 6.07) is 5.86. The van der Waals surface area contributed by atoms with Crippen molar-refractivity contribution in [2.75, 3.05) is 17.8 Å². The Morgan fingerprint density at radius 3 is 3.00 bits per heavy atom. The molecule has 5 nitrogen and oxygen atoms in total. The maximum absolute atomic E-state index is 5.84. The largest absolute Gasteiger partial charge is 0.493 e. The van der Waals surface area contributed by atoms with Crippen molar-refractivity contribution in [1.82, 2.24) is 4.98 Å². The van der Waals surface area contributed by atoms with Gasteiger partial charge in [-0.1, -0.05) is 29.8 Å². The molecule has 0 amide bonds. The first kappa shape index (κ1) is 16.8. The van der Waals surface area contributed by atoms with Gasteiger partial charge in [0.2, 0.25) is 5.13 Å². The number of hydrogen-bond donors (Lipinski definition) is 2. The first-order valence-electron chi connectivity index (χ1n) is 6.97. The molecule has 0 radical (unpaired) electrons. The Hall–Kier alpha value is -1.60. The average molecular weight is 383 g/mol. The Bertz CT molecular complexity index is 642. The first-order chi connectivity index (χ1) is 10.5. The van der Waals surface area contributed by atoms with Crippen LogP contribution < -0.4 is 15.9 Å². The second kappa shape index (κ2) is 8.14. The second-order valence-corrected chi connectivity index (χ2v) is 6.93. The minimum absolute atomic E-state index is 0.489. The van der Waals surface area contributed by atoms with Crippen LogP contribution in [0.1, 0.15) is 25.8 Å². The number of benzene rings is 1. The molecule has 0 aliphatic rings. The molecule has 0 aliphatic carbocycles. The number of nitrogens with two attached hydrogens (primary N) is 1. The molecule has 1 heterocycles. The van der Waals surface area contributed by atoms with Crippen LogP contribution in [-0.4, -0.2) is 17.8 Å². The quantitative estimate of drug-likeness (QED) is 0.551. The van der Waals surface area contributed by atoms with E-state index in [1.54, 1.807) is 11.6 Å². The van der Waals surface area contributed by atoms with Crippen LogP contribution >= 0.6 is 27.3 Å². The number of nitrogen functional groups attached to an aromatic ring is 1. The molecule has 3 N–H and O–H groups in total. The topological polar surface area (TPSA) is 72.5 Å². The lowest BCUT2D eigenvalue weighted by molar-refractivity contribution is 0.289. The zero-order chi connectivity index (χ0) is 15.9. The summed E-state index contributed by atoms with van der Waals surface area (Å²) in [5.74, 6) is 1.92. The van der Waals surface area contributed by atoms with Gasteiger partial charge in [0.15, 0.2) is 0 Å². The fourth-order valence-electron chi connectivity index (χ4n) is 1.65. The zero-order valence-electron chi connectivity index (χ0n) is 12.5. The van der Waals surface area contributed by atoms with Crippen molar-refractivity contribution in [2.45, 2.75) is 20.3 Å². The molecule has 0 unspecified atom stereocenters. The van der Waals surface area contributed by atoms with Gasteiger partial charge >= 0.3 is 0 Å². The van der Waals surface area contributed by atoms with Crippen molar-refractivity contribution >= 4 is 44.4 Å². The molecule has 0 saturated carbocycles. The van der Waals surface area contributed by atoms with Gasteiger partial charge in [0.1, 0.15) is 11.6 Å².